The fourth-order valence-corrected chi connectivity index (χ4v) is 9.49. The molecule has 10 heteroatoms. The molecule has 0 aromatic heterocycles. The molecule has 4 saturated carbocycles. The van der Waals surface area contributed by atoms with Gasteiger partial charge in [0.05, 0.1) is 18.0 Å². The Hall–Kier alpha value is 0.260. The minimum absolute atomic E-state index is 0. The first-order valence-electron chi connectivity index (χ1n) is 13.4. The minimum Gasteiger partial charge on any atom is -0.412 e. The van der Waals surface area contributed by atoms with Gasteiger partial charge >= 0.3 is 29.6 Å². The third kappa shape index (κ3) is 6.19. The van der Waals surface area contributed by atoms with Gasteiger partial charge < -0.3 is 21.0 Å². The molecule has 4 aliphatic rings. The summed E-state index contributed by atoms with van der Waals surface area (Å²) in [6.45, 7) is 6.86. The number of aliphatic hydroxyl groups excluding tert-OH is 2. The number of carbonyl (C=O) groups is 1. The second kappa shape index (κ2) is 12.2. The molecular weight excluding hydrogens is 493 g/mol. The minimum atomic E-state index is -4.07. The van der Waals surface area contributed by atoms with Crippen LogP contribution < -0.4 is 34.9 Å². The van der Waals surface area contributed by atoms with Crippen LogP contribution in [0.25, 0.3) is 0 Å². The summed E-state index contributed by atoms with van der Waals surface area (Å²) in [6, 6.07) is 0. The van der Waals surface area contributed by atoms with Crippen LogP contribution in [0.4, 0.5) is 0 Å². The van der Waals surface area contributed by atoms with E-state index in [4.69, 9.17) is 4.55 Å². The summed E-state index contributed by atoms with van der Waals surface area (Å²) in [5, 5.41) is 24.5. The predicted molar refractivity (Wildman–Crippen MR) is 134 cm³/mol. The van der Waals surface area contributed by atoms with Crippen LogP contribution in [0.1, 0.15) is 85.0 Å². The molecule has 0 saturated heterocycles. The zero-order valence-corrected chi connectivity index (χ0v) is 25.4. The molecule has 0 heterocycles. The number of amides is 1. The van der Waals surface area contributed by atoms with Crippen LogP contribution in [-0.4, -0.2) is 59.1 Å². The molecule has 36 heavy (non-hydrogen) atoms. The number of hydrogen-bond acceptors (Lipinski definition) is 5. The maximum atomic E-state index is 12.2. The van der Waals surface area contributed by atoms with Crippen LogP contribution in [0.3, 0.4) is 0 Å². The van der Waals surface area contributed by atoms with E-state index in [9.17, 15) is 23.4 Å². The van der Waals surface area contributed by atoms with Gasteiger partial charge in [-0.05, 0) is 104 Å². The van der Waals surface area contributed by atoms with E-state index in [0.29, 0.717) is 48.3 Å². The number of nitrogens with one attached hydrogen (secondary N) is 1. The Morgan fingerprint density at radius 3 is 2.42 bits per heavy atom. The number of hydrogen-bond donors (Lipinski definition) is 4. The van der Waals surface area contributed by atoms with E-state index in [1.54, 1.807) is 0 Å². The Kier molecular flexibility index (Phi) is 11.0. The standard InChI is InChI=1S/C26H45NO6S.Na.H2O/c1-16(4-9-24(30)27-12-13-34(31,32)33)20-7-8-21-19-6-5-17-14-18(28)10-11-25(17,2)22(19)15-23(29)26(20,21)3;;/h16-23,28-29H,4-15H2,1-3H3,(H,27,30)(H,31,32,33);;1H2/q;+1;/t16-,17-,18-,19+,20-,21+,22+,23+,25+,26-;;/m1../s1. The molecule has 4 rings (SSSR count). The van der Waals surface area contributed by atoms with Crippen molar-refractivity contribution < 1.29 is 63.0 Å². The second-order valence-corrected chi connectivity index (χ2v) is 14.1. The monoisotopic (exact) mass is 540 g/mol. The summed E-state index contributed by atoms with van der Waals surface area (Å²) in [6.07, 6.45) is 8.93. The molecular formula is C26H47NNaO7S+. The van der Waals surface area contributed by atoms with Crippen LogP contribution in [0, 0.1) is 46.3 Å². The van der Waals surface area contributed by atoms with Gasteiger partial charge in [0, 0.05) is 13.0 Å². The van der Waals surface area contributed by atoms with Gasteiger partial charge in [-0.15, -0.1) is 0 Å². The molecule has 0 spiro atoms. The Labute approximate surface area is 239 Å². The van der Waals surface area contributed by atoms with Crippen LogP contribution in [0.15, 0.2) is 0 Å². The average Bonchev–Trinajstić information content (AvgIpc) is 3.11. The van der Waals surface area contributed by atoms with Crippen LogP contribution in [0.5, 0.6) is 0 Å². The number of rotatable bonds is 7. The normalized spacial score (nSPS) is 42.6. The van der Waals surface area contributed by atoms with Gasteiger partial charge in [-0.1, -0.05) is 20.8 Å². The van der Waals surface area contributed by atoms with Crippen LogP contribution in [-0.2, 0) is 14.9 Å². The van der Waals surface area contributed by atoms with Crippen molar-refractivity contribution in [3.63, 3.8) is 0 Å². The van der Waals surface area contributed by atoms with E-state index in [0.717, 1.165) is 38.5 Å². The van der Waals surface area contributed by atoms with Gasteiger partial charge in [-0.2, -0.15) is 8.42 Å². The Balaban J connectivity index is 0.00000228. The first kappa shape index (κ1) is 32.5. The van der Waals surface area contributed by atoms with Gasteiger partial charge in [0.25, 0.3) is 10.1 Å². The maximum absolute atomic E-state index is 12.2. The SMILES string of the molecule is C[C@H](CCC(=O)NCCS(=O)(=O)O)[C@H]1CC[C@H]2[C@@H]3CC[C@@H]4C[C@H](O)CC[C@]4(C)[C@H]3C[C@H](O)[C@]12C.O.[Na+]. The second-order valence-electron chi connectivity index (χ2n) is 12.5. The van der Waals surface area contributed by atoms with Crippen molar-refractivity contribution in [1.29, 1.82) is 0 Å². The topological polar surface area (TPSA) is 155 Å². The third-order valence-corrected chi connectivity index (χ3v) is 11.7. The molecule has 0 bridgehead atoms. The van der Waals surface area contributed by atoms with E-state index in [2.05, 4.69) is 26.1 Å². The van der Waals surface area contributed by atoms with Gasteiger partial charge in [0.15, 0.2) is 0 Å². The van der Waals surface area contributed by atoms with Crippen molar-refractivity contribution in [3.05, 3.63) is 0 Å². The van der Waals surface area contributed by atoms with Crippen LogP contribution in [0.2, 0.25) is 0 Å². The number of aliphatic hydroxyl groups is 2. The molecule has 8 nitrogen and oxygen atoms in total. The Morgan fingerprint density at radius 2 is 1.75 bits per heavy atom. The predicted octanol–water partition coefficient (Wildman–Crippen LogP) is -0.423. The summed E-state index contributed by atoms with van der Waals surface area (Å²) >= 11 is 0. The molecule has 0 aromatic carbocycles. The van der Waals surface area contributed by atoms with E-state index < -0.39 is 15.9 Å². The van der Waals surface area contributed by atoms with Gasteiger partial charge in [-0.3, -0.25) is 9.35 Å². The first-order valence-corrected chi connectivity index (χ1v) is 15.0. The zero-order chi connectivity index (χ0) is 24.9. The molecule has 204 valence electrons. The summed E-state index contributed by atoms with van der Waals surface area (Å²) in [5.41, 5.74) is 0.105. The molecule has 6 N–H and O–H groups in total. The van der Waals surface area contributed by atoms with E-state index in [1.165, 1.54) is 12.8 Å². The van der Waals surface area contributed by atoms with Crippen molar-refractivity contribution in [2.24, 2.45) is 46.3 Å². The molecule has 0 unspecified atom stereocenters. The van der Waals surface area contributed by atoms with Gasteiger partial charge in [0.2, 0.25) is 5.91 Å². The van der Waals surface area contributed by atoms with E-state index in [1.807, 2.05) is 0 Å². The smallest absolute Gasteiger partial charge is 0.412 e. The summed E-state index contributed by atoms with van der Waals surface area (Å²) in [4.78, 5) is 12.2. The quantitative estimate of drug-likeness (QED) is 0.254. The molecule has 0 aromatic rings. The van der Waals surface area contributed by atoms with Gasteiger partial charge in [-0.25, -0.2) is 0 Å². The molecule has 1 amide bonds. The molecule has 10 atom stereocenters. The first-order chi connectivity index (χ1) is 15.9. The largest absolute Gasteiger partial charge is 1.00 e. The van der Waals surface area contributed by atoms with Crippen LogP contribution >= 0.6 is 0 Å². The van der Waals surface area contributed by atoms with E-state index in [-0.39, 0.29) is 70.5 Å². The molecule has 4 aliphatic carbocycles. The van der Waals surface area contributed by atoms with Gasteiger partial charge in [0.1, 0.15) is 0 Å². The van der Waals surface area contributed by atoms with Crippen molar-refractivity contribution >= 4 is 16.0 Å². The number of fused-ring (bicyclic) bond motifs is 5. The average molecular weight is 541 g/mol. The molecule has 0 aliphatic heterocycles. The third-order valence-electron chi connectivity index (χ3n) is 11.0. The fourth-order valence-electron chi connectivity index (χ4n) is 9.13. The van der Waals surface area contributed by atoms with Crippen molar-refractivity contribution in [2.45, 2.75) is 97.2 Å². The maximum Gasteiger partial charge on any atom is 1.00 e. The summed E-state index contributed by atoms with van der Waals surface area (Å²) in [7, 11) is -4.07. The summed E-state index contributed by atoms with van der Waals surface area (Å²) < 4.78 is 30.5. The van der Waals surface area contributed by atoms with Crippen molar-refractivity contribution in [1.82, 2.24) is 5.32 Å². The zero-order valence-electron chi connectivity index (χ0n) is 22.6. The number of carbonyl (C=O) groups excluding carboxylic acids is 1. The Morgan fingerprint density at radius 1 is 1.06 bits per heavy atom. The van der Waals surface area contributed by atoms with Crippen molar-refractivity contribution in [3.8, 4) is 0 Å². The fraction of sp³-hybridized carbons (Fsp3) is 0.962. The summed E-state index contributed by atoms with van der Waals surface area (Å²) in [5.74, 6) is 2.28. The van der Waals surface area contributed by atoms with Crippen molar-refractivity contribution in [2.75, 3.05) is 12.3 Å². The molecule has 4 fully saturated rings. The Bertz CT molecular complexity index is 872. The molecule has 0 radical (unpaired) electrons. The van der Waals surface area contributed by atoms with E-state index >= 15 is 0 Å².